The van der Waals surface area contributed by atoms with Gasteiger partial charge in [-0.2, -0.15) is 18.3 Å². The zero-order chi connectivity index (χ0) is 28.9. The SMILES string of the molecule is CCC1Cc2c(nn(C)c2-c2cc(F)c(F)c(F)c2)C(CC)N1C(=O)c1ccccc1-n1cc(C(F)(F)F)nn1. The van der Waals surface area contributed by atoms with Crippen LogP contribution in [0.5, 0.6) is 0 Å². The normalized spacial score (nSPS) is 17.3. The average molecular weight is 563 g/mol. The van der Waals surface area contributed by atoms with Crippen LogP contribution in [0, 0.1) is 17.5 Å². The summed E-state index contributed by atoms with van der Waals surface area (Å²) in [7, 11) is 1.60. The summed E-state index contributed by atoms with van der Waals surface area (Å²) < 4.78 is 83.7. The Morgan fingerprint density at radius 1 is 1.05 bits per heavy atom. The highest BCUT2D eigenvalue weighted by Crippen LogP contribution is 2.42. The third kappa shape index (κ3) is 4.52. The Morgan fingerprint density at radius 2 is 1.73 bits per heavy atom. The topological polar surface area (TPSA) is 68.8 Å². The van der Waals surface area contributed by atoms with Crippen LogP contribution < -0.4 is 0 Å². The lowest BCUT2D eigenvalue weighted by atomic mass is 9.87. The van der Waals surface area contributed by atoms with Gasteiger partial charge in [0.1, 0.15) is 0 Å². The molecule has 1 amide bonds. The van der Waals surface area contributed by atoms with Crippen LogP contribution in [0.3, 0.4) is 0 Å². The molecule has 4 aromatic rings. The van der Waals surface area contributed by atoms with E-state index in [1.54, 1.807) is 24.1 Å². The minimum atomic E-state index is -4.70. The molecule has 0 saturated carbocycles. The molecule has 5 rings (SSSR count). The average Bonchev–Trinajstić information content (AvgIpc) is 3.54. The van der Waals surface area contributed by atoms with Gasteiger partial charge in [0.15, 0.2) is 23.1 Å². The molecule has 2 unspecified atom stereocenters. The van der Waals surface area contributed by atoms with E-state index in [4.69, 9.17) is 0 Å². The molecule has 1 aliphatic heterocycles. The minimum Gasteiger partial charge on any atom is -0.327 e. The zero-order valence-electron chi connectivity index (χ0n) is 21.7. The fraction of sp³-hybridized carbons (Fsp3) is 0.333. The van der Waals surface area contributed by atoms with Crippen molar-refractivity contribution in [1.29, 1.82) is 0 Å². The Labute approximate surface area is 225 Å². The van der Waals surface area contributed by atoms with E-state index in [9.17, 15) is 31.1 Å². The molecular weight excluding hydrogens is 538 g/mol. The molecule has 2 atom stereocenters. The van der Waals surface area contributed by atoms with Crippen LogP contribution >= 0.6 is 0 Å². The lowest BCUT2D eigenvalue weighted by Crippen LogP contribution is -2.47. The summed E-state index contributed by atoms with van der Waals surface area (Å²) >= 11 is 0. The molecule has 2 aromatic carbocycles. The molecule has 0 bridgehead atoms. The molecule has 2 aromatic heterocycles. The fourth-order valence-corrected chi connectivity index (χ4v) is 5.37. The summed E-state index contributed by atoms with van der Waals surface area (Å²) in [6.07, 6.45) is -2.75. The van der Waals surface area contributed by atoms with Crippen LogP contribution in [0.1, 0.15) is 60.0 Å². The summed E-state index contributed by atoms with van der Waals surface area (Å²) in [6, 6.07) is 7.08. The third-order valence-corrected chi connectivity index (χ3v) is 7.18. The number of hydrogen-bond acceptors (Lipinski definition) is 4. The predicted octanol–water partition coefficient (Wildman–Crippen LogP) is 6.03. The van der Waals surface area contributed by atoms with Gasteiger partial charge >= 0.3 is 6.18 Å². The first-order valence-corrected chi connectivity index (χ1v) is 12.6. The monoisotopic (exact) mass is 562 g/mol. The predicted molar refractivity (Wildman–Crippen MR) is 132 cm³/mol. The van der Waals surface area contributed by atoms with Gasteiger partial charge in [-0.05, 0) is 43.5 Å². The van der Waals surface area contributed by atoms with E-state index in [0.717, 1.165) is 23.0 Å². The number of carbonyl (C=O) groups excluding carboxylic acids is 1. The van der Waals surface area contributed by atoms with Crippen molar-refractivity contribution in [3.8, 4) is 16.9 Å². The van der Waals surface area contributed by atoms with Crippen LogP contribution in [-0.2, 0) is 19.6 Å². The number of fused-ring (bicyclic) bond motifs is 1. The Balaban J connectivity index is 1.59. The van der Waals surface area contributed by atoms with Gasteiger partial charge in [-0.15, -0.1) is 5.10 Å². The van der Waals surface area contributed by atoms with E-state index >= 15 is 0 Å². The minimum absolute atomic E-state index is 0.120. The van der Waals surface area contributed by atoms with Crippen molar-refractivity contribution in [3.05, 3.63) is 82.6 Å². The Hall–Kier alpha value is -4.16. The Morgan fingerprint density at radius 3 is 2.33 bits per heavy atom. The van der Waals surface area contributed by atoms with Gasteiger partial charge in [-0.25, -0.2) is 17.9 Å². The maximum atomic E-state index is 14.1. The molecule has 1 aliphatic rings. The largest absolute Gasteiger partial charge is 0.436 e. The summed E-state index contributed by atoms with van der Waals surface area (Å²) in [5.74, 6) is -4.65. The highest BCUT2D eigenvalue weighted by Gasteiger charge is 2.41. The first-order valence-electron chi connectivity index (χ1n) is 12.6. The quantitative estimate of drug-likeness (QED) is 0.220. The van der Waals surface area contributed by atoms with Crippen LogP contribution in [0.25, 0.3) is 16.9 Å². The van der Waals surface area contributed by atoms with E-state index in [2.05, 4.69) is 15.4 Å². The number of hydrogen-bond donors (Lipinski definition) is 0. The molecule has 0 radical (unpaired) electrons. The molecule has 13 heteroatoms. The van der Waals surface area contributed by atoms with E-state index in [-0.39, 0.29) is 22.9 Å². The molecule has 0 fully saturated rings. The Kier molecular flexibility index (Phi) is 6.92. The molecular formula is C27H24F6N6O. The number of nitrogens with zero attached hydrogens (tertiary/aromatic N) is 6. The lowest BCUT2D eigenvalue weighted by molar-refractivity contribution is -0.141. The molecule has 0 saturated heterocycles. The summed E-state index contributed by atoms with van der Waals surface area (Å²) in [5.41, 5.74) is 0.819. The van der Waals surface area contributed by atoms with Crippen molar-refractivity contribution < 1.29 is 31.1 Å². The first kappa shape index (κ1) is 27.4. The zero-order valence-corrected chi connectivity index (χ0v) is 21.7. The third-order valence-electron chi connectivity index (χ3n) is 7.18. The van der Waals surface area contributed by atoms with E-state index in [1.807, 2.05) is 13.8 Å². The van der Waals surface area contributed by atoms with Gasteiger partial charge in [0.25, 0.3) is 5.91 Å². The van der Waals surface area contributed by atoms with Crippen molar-refractivity contribution in [1.82, 2.24) is 29.7 Å². The molecule has 0 N–H and O–H groups in total. The lowest BCUT2D eigenvalue weighted by Gasteiger charge is -2.41. The maximum absolute atomic E-state index is 14.1. The van der Waals surface area contributed by atoms with Crippen molar-refractivity contribution in [2.45, 2.75) is 51.4 Å². The van der Waals surface area contributed by atoms with Gasteiger partial charge in [0, 0.05) is 24.2 Å². The summed E-state index contributed by atoms with van der Waals surface area (Å²) in [5, 5.41) is 11.4. The molecule has 7 nitrogen and oxygen atoms in total. The number of aromatic nitrogens is 5. The van der Waals surface area contributed by atoms with E-state index in [0.29, 0.717) is 36.2 Å². The highest BCUT2D eigenvalue weighted by molar-refractivity contribution is 5.98. The van der Waals surface area contributed by atoms with Crippen LogP contribution in [0.2, 0.25) is 0 Å². The fourth-order valence-electron chi connectivity index (χ4n) is 5.37. The summed E-state index contributed by atoms with van der Waals surface area (Å²) in [6.45, 7) is 3.74. The number of rotatable bonds is 5. The standard InChI is InChI=1S/C27H24F6N6O/c1-4-15-12-17-24(35-37(3)25(17)14-10-18(28)23(30)19(29)11-14)20(5-2)39(15)26(40)16-8-6-7-9-21(16)38-13-22(34-36-38)27(31,32)33/h6-11,13,15,20H,4-5,12H2,1-3H3. The van der Waals surface area contributed by atoms with E-state index < -0.39 is 41.3 Å². The number of amides is 1. The smallest absolute Gasteiger partial charge is 0.327 e. The summed E-state index contributed by atoms with van der Waals surface area (Å²) in [4.78, 5) is 15.8. The maximum Gasteiger partial charge on any atom is 0.436 e. The number of aryl methyl sites for hydroxylation is 1. The second-order valence-electron chi connectivity index (χ2n) is 9.56. The number of alkyl halides is 3. The van der Waals surface area contributed by atoms with Gasteiger partial charge < -0.3 is 4.90 Å². The second-order valence-corrected chi connectivity index (χ2v) is 9.56. The van der Waals surface area contributed by atoms with Crippen molar-refractivity contribution >= 4 is 5.91 Å². The molecule has 40 heavy (non-hydrogen) atoms. The number of para-hydroxylation sites is 1. The number of carbonyl (C=O) groups is 1. The van der Waals surface area contributed by atoms with Crippen LogP contribution in [0.4, 0.5) is 26.3 Å². The number of halogens is 6. The Bertz CT molecular complexity index is 1570. The molecule has 210 valence electrons. The van der Waals surface area contributed by atoms with E-state index in [1.165, 1.54) is 16.8 Å². The van der Waals surface area contributed by atoms with Crippen LogP contribution in [0.15, 0.2) is 42.6 Å². The van der Waals surface area contributed by atoms with Gasteiger partial charge in [0.2, 0.25) is 0 Å². The molecule has 0 aliphatic carbocycles. The van der Waals surface area contributed by atoms with Crippen molar-refractivity contribution in [2.24, 2.45) is 7.05 Å². The molecule has 0 spiro atoms. The molecule has 3 heterocycles. The van der Waals surface area contributed by atoms with Gasteiger partial charge in [0.05, 0.1) is 34.9 Å². The second kappa shape index (κ2) is 10.1. The van der Waals surface area contributed by atoms with Gasteiger partial charge in [-0.3, -0.25) is 9.48 Å². The van der Waals surface area contributed by atoms with Crippen molar-refractivity contribution in [3.63, 3.8) is 0 Å². The van der Waals surface area contributed by atoms with Crippen molar-refractivity contribution in [2.75, 3.05) is 0 Å². The first-order chi connectivity index (χ1) is 19.0. The van der Waals surface area contributed by atoms with Gasteiger partial charge in [-0.1, -0.05) is 31.2 Å². The van der Waals surface area contributed by atoms with Crippen LogP contribution in [-0.4, -0.2) is 41.6 Å². The highest BCUT2D eigenvalue weighted by atomic mass is 19.4. The number of benzene rings is 2.